The van der Waals surface area contributed by atoms with Crippen molar-refractivity contribution in [3.63, 3.8) is 0 Å². The van der Waals surface area contributed by atoms with Gasteiger partial charge in [-0.2, -0.15) is 4.39 Å². The van der Waals surface area contributed by atoms with Crippen molar-refractivity contribution in [2.24, 2.45) is 12.8 Å². The summed E-state index contributed by atoms with van der Waals surface area (Å²) in [6.45, 7) is 1.31. The van der Waals surface area contributed by atoms with Crippen LogP contribution in [0.3, 0.4) is 0 Å². The Morgan fingerprint density at radius 1 is 1.16 bits per heavy atom. The van der Waals surface area contributed by atoms with Crippen LogP contribution in [0.25, 0.3) is 11.4 Å². The van der Waals surface area contributed by atoms with E-state index in [1.54, 1.807) is 0 Å². The third-order valence-electron chi connectivity index (χ3n) is 3.86. The van der Waals surface area contributed by atoms with Gasteiger partial charge in [0.15, 0.2) is 23.1 Å². The highest BCUT2D eigenvalue weighted by Crippen LogP contribution is 2.28. The van der Waals surface area contributed by atoms with Gasteiger partial charge in [0, 0.05) is 13.1 Å². The Morgan fingerprint density at radius 3 is 2.58 bits per heavy atom. The van der Waals surface area contributed by atoms with Gasteiger partial charge in [-0.25, -0.2) is 33.0 Å². The molecule has 0 aliphatic carbocycles. The molecule has 0 radical (unpaired) electrons. The first-order chi connectivity index (χ1) is 14.7. The maximum atomic E-state index is 14.4. The topological polar surface area (TPSA) is 147 Å². The molecule has 3 heterocycles. The highest BCUT2D eigenvalue weighted by Gasteiger charge is 2.23. The van der Waals surface area contributed by atoms with Crippen molar-refractivity contribution in [1.29, 1.82) is 0 Å². The monoisotopic (exact) mass is 437 g/mol. The minimum Gasteiger partial charge on any atom is -0.441 e. The molecule has 0 aliphatic rings. The van der Waals surface area contributed by atoms with Gasteiger partial charge in [0.05, 0.1) is 18.0 Å². The molecule has 3 aromatic rings. The predicted molar refractivity (Wildman–Crippen MR) is 97.1 cm³/mol. The number of amides is 2. The summed E-state index contributed by atoms with van der Waals surface area (Å²) >= 11 is 0. The molecule has 3 aromatic heterocycles. The standard InChI is InChI=1S/C17H14F3N7O4/c1-7(10-3-8(18)5-23-14(10)20)30-17(29)24-15-13(25-26-27(15)2)12-11(19)4-9(6-22-12)31-16(21)28/h3-7H,1-2H3,(H2,21,28)(H,24,29). The van der Waals surface area contributed by atoms with Gasteiger partial charge in [-0.05, 0) is 13.0 Å². The van der Waals surface area contributed by atoms with E-state index in [9.17, 15) is 22.8 Å². The molecule has 0 aromatic carbocycles. The second kappa shape index (κ2) is 8.64. The van der Waals surface area contributed by atoms with E-state index >= 15 is 0 Å². The molecule has 0 aliphatic heterocycles. The van der Waals surface area contributed by atoms with Crippen LogP contribution in [0.1, 0.15) is 18.6 Å². The number of aromatic nitrogens is 5. The number of aryl methyl sites for hydroxylation is 1. The van der Waals surface area contributed by atoms with E-state index in [-0.39, 0.29) is 28.5 Å². The third kappa shape index (κ3) is 4.85. The van der Waals surface area contributed by atoms with E-state index in [1.807, 2.05) is 0 Å². The van der Waals surface area contributed by atoms with Crippen molar-refractivity contribution in [1.82, 2.24) is 25.0 Å². The van der Waals surface area contributed by atoms with Gasteiger partial charge >= 0.3 is 12.2 Å². The van der Waals surface area contributed by atoms with Gasteiger partial charge in [0.25, 0.3) is 0 Å². The van der Waals surface area contributed by atoms with Crippen LogP contribution in [0, 0.1) is 17.6 Å². The van der Waals surface area contributed by atoms with Gasteiger partial charge < -0.3 is 15.2 Å². The fraction of sp³-hybridized carbons (Fsp3) is 0.176. The second-order valence-electron chi connectivity index (χ2n) is 6.04. The molecule has 0 bridgehead atoms. The molecule has 0 saturated heterocycles. The van der Waals surface area contributed by atoms with Crippen LogP contribution in [0.15, 0.2) is 24.5 Å². The summed E-state index contributed by atoms with van der Waals surface area (Å²) in [4.78, 5) is 30.0. The maximum Gasteiger partial charge on any atom is 0.413 e. The molecule has 1 unspecified atom stereocenters. The van der Waals surface area contributed by atoms with E-state index in [2.05, 4.69) is 30.3 Å². The first-order valence-corrected chi connectivity index (χ1v) is 8.47. The first-order valence-electron chi connectivity index (χ1n) is 8.47. The number of hydrogen-bond acceptors (Lipinski definition) is 8. The zero-order chi connectivity index (χ0) is 22.7. The van der Waals surface area contributed by atoms with E-state index in [0.29, 0.717) is 6.20 Å². The Morgan fingerprint density at radius 2 is 1.90 bits per heavy atom. The molecular formula is C17H14F3N7O4. The van der Waals surface area contributed by atoms with E-state index in [1.165, 1.54) is 14.0 Å². The number of anilines is 1. The summed E-state index contributed by atoms with van der Waals surface area (Å²) in [5.41, 5.74) is 4.08. The summed E-state index contributed by atoms with van der Waals surface area (Å²) < 4.78 is 52.1. The van der Waals surface area contributed by atoms with Gasteiger partial charge in [0.2, 0.25) is 5.95 Å². The molecule has 31 heavy (non-hydrogen) atoms. The number of carbonyl (C=O) groups excluding carboxylic acids is 2. The normalized spacial score (nSPS) is 11.6. The molecule has 1 atom stereocenters. The summed E-state index contributed by atoms with van der Waals surface area (Å²) in [7, 11) is 1.40. The largest absolute Gasteiger partial charge is 0.441 e. The lowest BCUT2D eigenvalue weighted by molar-refractivity contribution is 0.118. The summed E-state index contributed by atoms with van der Waals surface area (Å²) in [5.74, 6) is -3.11. The van der Waals surface area contributed by atoms with Crippen molar-refractivity contribution in [3.8, 4) is 17.1 Å². The molecule has 11 nitrogen and oxygen atoms in total. The number of nitrogens with one attached hydrogen (secondary N) is 1. The van der Waals surface area contributed by atoms with Crippen LogP contribution in [0.2, 0.25) is 0 Å². The minimum atomic E-state index is -1.20. The highest BCUT2D eigenvalue weighted by molar-refractivity contribution is 5.88. The lowest BCUT2D eigenvalue weighted by Gasteiger charge is -2.15. The molecule has 14 heteroatoms. The molecule has 3 rings (SSSR count). The molecule has 0 spiro atoms. The van der Waals surface area contributed by atoms with Gasteiger partial charge in [0.1, 0.15) is 17.6 Å². The average molecular weight is 437 g/mol. The van der Waals surface area contributed by atoms with Crippen molar-refractivity contribution in [2.75, 3.05) is 5.32 Å². The van der Waals surface area contributed by atoms with Crippen molar-refractivity contribution >= 4 is 18.0 Å². The number of hydrogen-bond donors (Lipinski definition) is 2. The summed E-state index contributed by atoms with van der Waals surface area (Å²) in [5, 5.41) is 9.72. The summed E-state index contributed by atoms with van der Waals surface area (Å²) in [6.07, 6.45) is -1.75. The van der Waals surface area contributed by atoms with Crippen LogP contribution in [0.5, 0.6) is 5.75 Å². The number of pyridine rings is 2. The predicted octanol–water partition coefficient (Wildman–Crippen LogP) is 2.46. The minimum absolute atomic E-state index is 0.106. The quantitative estimate of drug-likeness (QED) is 0.579. The fourth-order valence-corrected chi connectivity index (χ4v) is 2.50. The SMILES string of the molecule is CC(OC(=O)Nc1c(-c2ncc(OC(N)=O)cc2F)nnn1C)c1cc(F)cnc1F. The zero-order valence-corrected chi connectivity index (χ0v) is 16.0. The second-order valence-corrected chi connectivity index (χ2v) is 6.04. The van der Waals surface area contributed by atoms with Gasteiger partial charge in [-0.3, -0.25) is 5.32 Å². The molecule has 0 fully saturated rings. The molecule has 0 saturated carbocycles. The number of carbonyl (C=O) groups is 2. The fourth-order valence-electron chi connectivity index (χ4n) is 2.50. The van der Waals surface area contributed by atoms with Gasteiger partial charge in [-0.15, -0.1) is 5.10 Å². The van der Waals surface area contributed by atoms with E-state index < -0.39 is 35.9 Å². The van der Waals surface area contributed by atoms with Gasteiger partial charge in [-0.1, -0.05) is 5.21 Å². The van der Waals surface area contributed by atoms with Crippen LogP contribution < -0.4 is 15.8 Å². The molecule has 3 N–H and O–H groups in total. The number of primary amides is 1. The Labute approximate surface area is 172 Å². The van der Waals surface area contributed by atoms with Crippen molar-refractivity contribution in [3.05, 3.63) is 47.7 Å². The van der Waals surface area contributed by atoms with E-state index in [4.69, 9.17) is 10.5 Å². The Bertz CT molecular complexity index is 1150. The van der Waals surface area contributed by atoms with Crippen LogP contribution >= 0.6 is 0 Å². The number of nitrogens with zero attached hydrogens (tertiary/aromatic N) is 5. The molecule has 162 valence electrons. The number of ether oxygens (including phenoxy) is 2. The molecule has 2 amide bonds. The molecular weight excluding hydrogens is 423 g/mol. The Hall–Kier alpha value is -4.23. The third-order valence-corrected chi connectivity index (χ3v) is 3.86. The van der Waals surface area contributed by atoms with Crippen LogP contribution in [-0.2, 0) is 11.8 Å². The smallest absolute Gasteiger partial charge is 0.413 e. The highest BCUT2D eigenvalue weighted by atomic mass is 19.1. The van der Waals surface area contributed by atoms with Crippen LogP contribution in [0.4, 0.5) is 28.6 Å². The number of halogens is 3. The number of nitrogens with two attached hydrogens (primary N) is 1. The lowest BCUT2D eigenvalue weighted by atomic mass is 10.2. The first kappa shape index (κ1) is 21.5. The Balaban J connectivity index is 1.80. The van der Waals surface area contributed by atoms with Crippen molar-refractivity contribution in [2.45, 2.75) is 13.0 Å². The Kier molecular flexibility index (Phi) is 5.99. The average Bonchev–Trinajstić information content (AvgIpc) is 3.03. The summed E-state index contributed by atoms with van der Waals surface area (Å²) in [6, 6.07) is 1.68. The van der Waals surface area contributed by atoms with Crippen LogP contribution in [-0.4, -0.2) is 37.1 Å². The lowest BCUT2D eigenvalue weighted by Crippen LogP contribution is -2.19. The zero-order valence-electron chi connectivity index (χ0n) is 16.0. The number of rotatable bonds is 5. The van der Waals surface area contributed by atoms with E-state index in [0.717, 1.165) is 23.0 Å². The maximum absolute atomic E-state index is 14.4. The van der Waals surface area contributed by atoms with Crippen molar-refractivity contribution < 1.29 is 32.2 Å².